The first-order valence-electron chi connectivity index (χ1n) is 12.6. The highest BCUT2D eigenvalue weighted by Crippen LogP contribution is 2.31. The molecular formula is C26H36N4O3S. The molecule has 2 fully saturated rings. The van der Waals surface area contributed by atoms with Crippen molar-refractivity contribution >= 4 is 28.5 Å². The molecule has 2 amide bonds. The molecule has 2 aliphatic carbocycles. The number of methoxy groups -OCH3 is 1. The van der Waals surface area contributed by atoms with Gasteiger partial charge in [0.15, 0.2) is 5.13 Å². The molecule has 0 radical (unpaired) electrons. The highest BCUT2D eigenvalue weighted by Gasteiger charge is 2.32. The zero-order valence-corrected chi connectivity index (χ0v) is 20.9. The van der Waals surface area contributed by atoms with Crippen molar-refractivity contribution in [3.63, 3.8) is 0 Å². The minimum atomic E-state index is -0.329. The second kappa shape index (κ2) is 12.3. The second-order valence-corrected chi connectivity index (χ2v) is 10.5. The fourth-order valence-electron chi connectivity index (χ4n) is 5.16. The van der Waals surface area contributed by atoms with Crippen molar-refractivity contribution in [2.24, 2.45) is 0 Å². The number of urea groups is 1. The van der Waals surface area contributed by atoms with Gasteiger partial charge in [-0.05, 0) is 43.4 Å². The van der Waals surface area contributed by atoms with Crippen molar-refractivity contribution in [1.29, 1.82) is 0 Å². The molecule has 7 nitrogen and oxygen atoms in total. The van der Waals surface area contributed by atoms with Crippen LogP contribution in [0.4, 0.5) is 9.93 Å². The summed E-state index contributed by atoms with van der Waals surface area (Å²) < 4.78 is 4.74. The number of carbonyl (C=O) groups excluding carboxylic acids is 2. The van der Waals surface area contributed by atoms with Crippen LogP contribution in [-0.4, -0.2) is 41.1 Å². The fraction of sp³-hybridized carbons (Fsp3) is 0.577. The minimum Gasteiger partial charge on any atom is -0.465 e. The third kappa shape index (κ3) is 6.57. The van der Waals surface area contributed by atoms with Gasteiger partial charge in [-0.1, -0.05) is 50.7 Å². The number of rotatable bonds is 8. The molecule has 1 heterocycles. The summed E-state index contributed by atoms with van der Waals surface area (Å²) in [6, 6.07) is 8.14. The Bertz CT molecular complexity index is 916. The maximum Gasteiger partial charge on any atom is 0.337 e. The molecule has 0 saturated heterocycles. The third-order valence-corrected chi connectivity index (χ3v) is 7.85. The van der Waals surface area contributed by atoms with E-state index < -0.39 is 0 Å². The molecule has 0 aliphatic heterocycles. The topological polar surface area (TPSA) is 83.6 Å². The second-order valence-electron chi connectivity index (χ2n) is 9.34. The van der Waals surface area contributed by atoms with Gasteiger partial charge in [0.05, 0.1) is 12.7 Å². The summed E-state index contributed by atoms with van der Waals surface area (Å²) in [6.45, 7) is 1.35. The minimum absolute atomic E-state index is 0.0263. The SMILES string of the molecule is COC(=O)c1ccc(CNCc2cnc(NC(=O)N(C3CCCCC3)C3CCCCC3)s2)cc1. The molecule has 0 unspecified atom stereocenters. The number of hydrogen-bond donors (Lipinski definition) is 2. The van der Waals surface area contributed by atoms with Crippen LogP contribution in [0, 0.1) is 0 Å². The first kappa shape index (κ1) is 24.7. The van der Waals surface area contributed by atoms with Gasteiger partial charge in [0.2, 0.25) is 0 Å². The maximum absolute atomic E-state index is 13.3. The lowest BCUT2D eigenvalue weighted by Gasteiger charge is -2.41. The molecule has 2 saturated carbocycles. The van der Waals surface area contributed by atoms with Crippen molar-refractivity contribution in [3.05, 3.63) is 46.5 Å². The molecule has 34 heavy (non-hydrogen) atoms. The predicted octanol–water partition coefficient (Wildman–Crippen LogP) is 5.72. The lowest BCUT2D eigenvalue weighted by Crippen LogP contribution is -2.50. The molecule has 2 aliphatic rings. The van der Waals surface area contributed by atoms with Gasteiger partial charge in [0.1, 0.15) is 0 Å². The molecule has 2 N–H and O–H groups in total. The van der Waals surface area contributed by atoms with E-state index in [9.17, 15) is 9.59 Å². The summed E-state index contributed by atoms with van der Waals surface area (Å²) in [5.41, 5.74) is 1.63. The molecule has 1 aromatic heterocycles. The number of esters is 1. The van der Waals surface area contributed by atoms with Crippen LogP contribution in [0.25, 0.3) is 0 Å². The summed E-state index contributed by atoms with van der Waals surface area (Å²) in [4.78, 5) is 32.6. The zero-order chi connectivity index (χ0) is 23.8. The first-order valence-corrected chi connectivity index (χ1v) is 13.4. The van der Waals surface area contributed by atoms with E-state index in [0.29, 0.717) is 35.9 Å². The monoisotopic (exact) mass is 484 g/mol. The molecule has 1 aromatic carbocycles. The molecule has 2 aromatic rings. The van der Waals surface area contributed by atoms with E-state index in [2.05, 4.69) is 20.5 Å². The Morgan fingerprint density at radius 3 is 2.18 bits per heavy atom. The fourth-order valence-corrected chi connectivity index (χ4v) is 5.93. The maximum atomic E-state index is 13.3. The standard InChI is InChI=1S/C26H36N4O3S/c1-33-24(31)20-14-12-19(13-15-20)16-27-17-23-18-28-25(34-23)29-26(32)30(21-8-4-2-5-9-21)22-10-6-3-7-11-22/h12-15,18,21-22,27H,2-11,16-17H2,1H3,(H,28,29,32). The number of ether oxygens (including phenoxy) is 1. The van der Waals surface area contributed by atoms with E-state index in [-0.39, 0.29) is 12.0 Å². The number of aromatic nitrogens is 1. The number of nitrogens with zero attached hydrogens (tertiary/aromatic N) is 2. The Morgan fingerprint density at radius 2 is 1.59 bits per heavy atom. The van der Waals surface area contributed by atoms with Crippen LogP contribution in [0.1, 0.15) is 85.0 Å². The van der Waals surface area contributed by atoms with Crippen LogP contribution >= 0.6 is 11.3 Å². The number of hydrogen-bond acceptors (Lipinski definition) is 6. The third-order valence-electron chi connectivity index (χ3n) is 6.94. The molecular weight excluding hydrogens is 448 g/mol. The normalized spacial score (nSPS) is 17.3. The molecule has 184 valence electrons. The molecule has 0 spiro atoms. The largest absolute Gasteiger partial charge is 0.465 e. The number of carbonyl (C=O) groups is 2. The highest BCUT2D eigenvalue weighted by atomic mass is 32.1. The van der Waals surface area contributed by atoms with Gasteiger partial charge in [-0.3, -0.25) is 5.32 Å². The van der Waals surface area contributed by atoms with Gasteiger partial charge in [0.25, 0.3) is 0 Å². The van der Waals surface area contributed by atoms with Crippen LogP contribution in [-0.2, 0) is 17.8 Å². The van der Waals surface area contributed by atoms with Crippen LogP contribution in [0.5, 0.6) is 0 Å². The molecule has 0 bridgehead atoms. The number of benzene rings is 1. The summed E-state index contributed by atoms with van der Waals surface area (Å²) in [5.74, 6) is -0.329. The van der Waals surface area contributed by atoms with Crippen molar-refractivity contribution in [3.8, 4) is 0 Å². The lowest BCUT2D eigenvalue weighted by molar-refractivity contribution is 0.0600. The van der Waals surface area contributed by atoms with Gasteiger partial charge in [0, 0.05) is 36.2 Å². The van der Waals surface area contributed by atoms with E-state index in [0.717, 1.165) is 36.1 Å². The Labute approximate surface area is 206 Å². The number of nitrogens with one attached hydrogen (secondary N) is 2. The Hall–Kier alpha value is -2.45. The smallest absolute Gasteiger partial charge is 0.337 e. The molecule has 8 heteroatoms. The highest BCUT2D eigenvalue weighted by molar-refractivity contribution is 7.15. The summed E-state index contributed by atoms with van der Waals surface area (Å²) in [7, 11) is 1.38. The van der Waals surface area contributed by atoms with E-state index in [1.807, 2.05) is 18.3 Å². The van der Waals surface area contributed by atoms with Gasteiger partial charge in [-0.25, -0.2) is 14.6 Å². The quantitative estimate of drug-likeness (QED) is 0.468. The Kier molecular flexibility index (Phi) is 8.93. The van der Waals surface area contributed by atoms with E-state index in [1.54, 1.807) is 12.1 Å². The van der Waals surface area contributed by atoms with Crippen LogP contribution in [0.15, 0.2) is 30.5 Å². The average Bonchev–Trinajstić information content (AvgIpc) is 3.32. The first-order chi connectivity index (χ1) is 16.6. The van der Waals surface area contributed by atoms with Crippen molar-refractivity contribution in [1.82, 2.24) is 15.2 Å². The number of anilines is 1. The zero-order valence-electron chi connectivity index (χ0n) is 20.1. The Balaban J connectivity index is 1.30. The van der Waals surface area contributed by atoms with Crippen LogP contribution in [0.2, 0.25) is 0 Å². The number of thiazole rings is 1. The molecule has 4 rings (SSSR count). The van der Waals surface area contributed by atoms with E-state index >= 15 is 0 Å². The van der Waals surface area contributed by atoms with Gasteiger partial charge >= 0.3 is 12.0 Å². The van der Waals surface area contributed by atoms with Gasteiger partial charge < -0.3 is 15.0 Å². The molecule has 0 atom stereocenters. The summed E-state index contributed by atoms with van der Waals surface area (Å²) in [6.07, 6.45) is 13.8. The van der Waals surface area contributed by atoms with Gasteiger partial charge in [-0.2, -0.15) is 0 Å². The summed E-state index contributed by atoms with van der Waals surface area (Å²) in [5, 5.41) is 7.18. The van der Waals surface area contributed by atoms with Crippen LogP contribution < -0.4 is 10.6 Å². The summed E-state index contributed by atoms with van der Waals surface area (Å²) >= 11 is 1.52. The Morgan fingerprint density at radius 1 is 0.971 bits per heavy atom. The van der Waals surface area contributed by atoms with E-state index in [1.165, 1.54) is 57.0 Å². The van der Waals surface area contributed by atoms with Gasteiger partial charge in [-0.15, -0.1) is 11.3 Å². The number of amides is 2. The lowest BCUT2D eigenvalue weighted by atomic mass is 9.89. The predicted molar refractivity (Wildman–Crippen MR) is 135 cm³/mol. The van der Waals surface area contributed by atoms with E-state index in [4.69, 9.17) is 4.74 Å². The van der Waals surface area contributed by atoms with Crippen LogP contribution in [0.3, 0.4) is 0 Å². The van der Waals surface area contributed by atoms with Crippen molar-refractivity contribution < 1.29 is 14.3 Å². The average molecular weight is 485 g/mol. The van der Waals surface area contributed by atoms with Crippen molar-refractivity contribution in [2.45, 2.75) is 89.4 Å². The van der Waals surface area contributed by atoms with Crippen molar-refractivity contribution in [2.75, 3.05) is 12.4 Å².